The van der Waals surface area contributed by atoms with Crippen molar-refractivity contribution in [1.82, 2.24) is 5.32 Å². The van der Waals surface area contributed by atoms with Crippen LogP contribution >= 0.6 is 0 Å². The number of hydrogen-bond donors (Lipinski definition) is 2. The fourth-order valence-corrected chi connectivity index (χ4v) is 2.49. The van der Waals surface area contributed by atoms with E-state index in [9.17, 15) is 0 Å². The monoisotopic (exact) mass is 223 g/mol. The minimum Gasteiger partial charge on any atom is -0.462 e. The van der Waals surface area contributed by atoms with Gasteiger partial charge < -0.3 is 14.8 Å². The summed E-state index contributed by atoms with van der Waals surface area (Å²) >= 11 is 0. The van der Waals surface area contributed by atoms with Crippen LogP contribution in [-0.4, -0.2) is 11.1 Å². The van der Waals surface area contributed by atoms with Crippen LogP contribution < -0.4 is 5.32 Å². The van der Waals surface area contributed by atoms with Gasteiger partial charge >= 0.3 is 0 Å². The number of aliphatic hydroxyl groups excluding tert-OH is 1. The Labute approximate surface area is 96.8 Å². The maximum absolute atomic E-state index is 8.89. The fraction of sp³-hybridized carbons (Fsp3) is 0.692. The first-order valence-corrected chi connectivity index (χ1v) is 6.21. The van der Waals surface area contributed by atoms with Crippen LogP contribution in [0.4, 0.5) is 0 Å². The molecule has 1 unspecified atom stereocenters. The van der Waals surface area contributed by atoms with Crippen LogP contribution in [0.15, 0.2) is 16.5 Å². The smallest absolute Gasteiger partial charge is 0.129 e. The molecule has 1 aliphatic rings. The summed E-state index contributed by atoms with van der Waals surface area (Å²) in [5.74, 6) is 2.38. The molecule has 0 radical (unpaired) electrons. The van der Waals surface area contributed by atoms with Crippen LogP contribution in [0.25, 0.3) is 0 Å². The highest BCUT2D eigenvalue weighted by atomic mass is 16.4. The molecule has 90 valence electrons. The number of rotatable bonds is 5. The van der Waals surface area contributed by atoms with Gasteiger partial charge in [-0.05, 0) is 37.8 Å². The summed E-state index contributed by atoms with van der Waals surface area (Å²) in [5.41, 5.74) is 0. The Hall–Kier alpha value is -0.800. The number of aliphatic hydroxyl groups is 1. The van der Waals surface area contributed by atoms with E-state index in [-0.39, 0.29) is 6.61 Å². The largest absolute Gasteiger partial charge is 0.462 e. The third-order valence-electron chi connectivity index (χ3n) is 3.58. The van der Waals surface area contributed by atoms with Crippen LogP contribution in [0.3, 0.4) is 0 Å². The molecule has 1 aromatic heterocycles. The van der Waals surface area contributed by atoms with Crippen molar-refractivity contribution in [3.8, 4) is 0 Å². The van der Waals surface area contributed by atoms with E-state index in [0.29, 0.717) is 11.8 Å². The molecule has 16 heavy (non-hydrogen) atoms. The predicted molar refractivity (Wildman–Crippen MR) is 62.9 cm³/mol. The lowest BCUT2D eigenvalue weighted by molar-refractivity contribution is 0.241. The second-order valence-corrected chi connectivity index (χ2v) is 4.74. The van der Waals surface area contributed by atoms with Gasteiger partial charge in [0.25, 0.3) is 0 Å². The van der Waals surface area contributed by atoms with Crippen LogP contribution in [0.2, 0.25) is 0 Å². The Morgan fingerprint density at radius 3 is 2.69 bits per heavy atom. The highest BCUT2D eigenvalue weighted by Gasteiger charge is 2.21. The standard InChI is InChI=1S/C13H21NO2/c1-10(11-4-2-3-5-11)14-8-12-6-7-13(9-15)16-12/h6-7,10-11,14-15H,2-5,8-9H2,1H3. The van der Waals surface area contributed by atoms with Crippen molar-refractivity contribution in [2.45, 2.75) is 51.8 Å². The third-order valence-corrected chi connectivity index (χ3v) is 3.58. The Bertz CT molecular complexity index is 315. The van der Waals surface area contributed by atoms with Crippen molar-refractivity contribution in [3.05, 3.63) is 23.7 Å². The highest BCUT2D eigenvalue weighted by Crippen LogP contribution is 2.27. The van der Waals surface area contributed by atoms with Crippen LogP contribution in [-0.2, 0) is 13.2 Å². The van der Waals surface area contributed by atoms with Crippen LogP contribution in [0.1, 0.15) is 44.1 Å². The molecule has 1 fully saturated rings. The van der Waals surface area contributed by atoms with Crippen molar-refractivity contribution in [2.75, 3.05) is 0 Å². The van der Waals surface area contributed by atoms with Gasteiger partial charge in [0.05, 0.1) is 6.54 Å². The molecule has 0 saturated heterocycles. The molecular formula is C13H21NO2. The number of furan rings is 1. The van der Waals surface area contributed by atoms with E-state index in [1.807, 2.05) is 12.1 Å². The van der Waals surface area contributed by atoms with Gasteiger partial charge in [-0.3, -0.25) is 0 Å². The van der Waals surface area contributed by atoms with Gasteiger partial charge in [0.2, 0.25) is 0 Å². The fourth-order valence-electron chi connectivity index (χ4n) is 2.49. The average molecular weight is 223 g/mol. The molecule has 1 aromatic rings. The number of hydrogen-bond acceptors (Lipinski definition) is 3. The summed E-state index contributed by atoms with van der Waals surface area (Å²) in [4.78, 5) is 0. The lowest BCUT2D eigenvalue weighted by Gasteiger charge is -2.19. The Kier molecular flexibility index (Phi) is 4.02. The molecular weight excluding hydrogens is 202 g/mol. The highest BCUT2D eigenvalue weighted by molar-refractivity contribution is 5.06. The molecule has 1 atom stereocenters. The molecule has 2 rings (SSSR count). The van der Waals surface area contributed by atoms with E-state index >= 15 is 0 Å². The van der Waals surface area contributed by atoms with E-state index in [4.69, 9.17) is 9.52 Å². The van der Waals surface area contributed by atoms with Crippen molar-refractivity contribution in [1.29, 1.82) is 0 Å². The molecule has 3 heteroatoms. The molecule has 1 aliphatic carbocycles. The van der Waals surface area contributed by atoms with Gasteiger partial charge in [-0.15, -0.1) is 0 Å². The zero-order chi connectivity index (χ0) is 11.4. The molecule has 0 aromatic carbocycles. The van der Waals surface area contributed by atoms with Gasteiger partial charge in [-0.1, -0.05) is 12.8 Å². The Balaban J connectivity index is 1.77. The summed E-state index contributed by atoms with van der Waals surface area (Å²) in [6, 6.07) is 4.32. The van der Waals surface area contributed by atoms with E-state index < -0.39 is 0 Å². The minimum atomic E-state index is -0.0157. The third kappa shape index (κ3) is 2.86. The summed E-state index contributed by atoms with van der Waals surface area (Å²) in [5, 5.41) is 12.4. The zero-order valence-corrected chi connectivity index (χ0v) is 9.91. The second kappa shape index (κ2) is 5.51. The van der Waals surface area contributed by atoms with Gasteiger partial charge in [0.15, 0.2) is 0 Å². The van der Waals surface area contributed by atoms with Crippen molar-refractivity contribution in [3.63, 3.8) is 0 Å². The summed E-state index contributed by atoms with van der Waals surface area (Å²) < 4.78 is 5.43. The van der Waals surface area contributed by atoms with E-state index in [2.05, 4.69) is 12.2 Å². The molecule has 0 amide bonds. The SMILES string of the molecule is CC(NCc1ccc(CO)o1)C1CCCC1. The van der Waals surface area contributed by atoms with E-state index in [1.165, 1.54) is 25.7 Å². The second-order valence-electron chi connectivity index (χ2n) is 4.74. The molecule has 0 aliphatic heterocycles. The first-order valence-electron chi connectivity index (χ1n) is 6.21. The lowest BCUT2D eigenvalue weighted by Crippen LogP contribution is -2.31. The van der Waals surface area contributed by atoms with Crippen molar-refractivity contribution < 1.29 is 9.52 Å². The first-order chi connectivity index (χ1) is 7.79. The first kappa shape index (κ1) is 11.7. The molecule has 3 nitrogen and oxygen atoms in total. The number of nitrogens with one attached hydrogen (secondary N) is 1. The zero-order valence-electron chi connectivity index (χ0n) is 9.91. The molecule has 0 bridgehead atoms. The van der Waals surface area contributed by atoms with Crippen LogP contribution in [0, 0.1) is 5.92 Å². The summed E-state index contributed by atoms with van der Waals surface area (Å²) in [6.45, 7) is 3.00. The minimum absolute atomic E-state index is 0.0157. The molecule has 1 heterocycles. The topological polar surface area (TPSA) is 45.4 Å². The van der Waals surface area contributed by atoms with E-state index in [1.54, 1.807) is 0 Å². The molecule has 1 saturated carbocycles. The predicted octanol–water partition coefficient (Wildman–Crippen LogP) is 2.44. The Morgan fingerprint density at radius 1 is 1.38 bits per heavy atom. The summed E-state index contributed by atoms with van der Waals surface area (Å²) in [6.07, 6.45) is 5.47. The van der Waals surface area contributed by atoms with Crippen molar-refractivity contribution >= 4 is 0 Å². The quantitative estimate of drug-likeness (QED) is 0.806. The van der Waals surface area contributed by atoms with E-state index in [0.717, 1.165) is 18.2 Å². The maximum atomic E-state index is 8.89. The van der Waals surface area contributed by atoms with Crippen molar-refractivity contribution in [2.24, 2.45) is 5.92 Å². The lowest BCUT2D eigenvalue weighted by atomic mass is 10.00. The van der Waals surface area contributed by atoms with Gasteiger partial charge in [0, 0.05) is 6.04 Å². The Morgan fingerprint density at radius 2 is 2.06 bits per heavy atom. The van der Waals surface area contributed by atoms with Gasteiger partial charge in [-0.2, -0.15) is 0 Å². The molecule has 2 N–H and O–H groups in total. The van der Waals surface area contributed by atoms with Gasteiger partial charge in [-0.25, -0.2) is 0 Å². The summed E-state index contributed by atoms with van der Waals surface area (Å²) in [7, 11) is 0. The van der Waals surface area contributed by atoms with Crippen LogP contribution in [0.5, 0.6) is 0 Å². The van der Waals surface area contributed by atoms with Gasteiger partial charge in [0.1, 0.15) is 18.1 Å². The maximum Gasteiger partial charge on any atom is 0.129 e. The molecule has 0 spiro atoms. The normalized spacial score (nSPS) is 19.1. The average Bonchev–Trinajstić information content (AvgIpc) is 2.96.